The van der Waals surface area contributed by atoms with Crippen LogP contribution in [0, 0.1) is 0 Å². The monoisotopic (exact) mass is 373 g/mol. The van der Waals surface area contributed by atoms with E-state index in [0.717, 1.165) is 5.69 Å². The van der Waals surface area contributed by atoms with Crippen LogP contribution in [0.25, 0.3) is 0 Å². The van der Waals surface area contributed by atoms with Gasteiger partial charge in [-0.05, 0) is 42.5 Å². The van der Waals surface area contributed by atoms with Gasteiger partial charge in [0.05, 0.1) is 34.1 Å². The van der Waals surface area contributed by atoms with Gasteiger partial charge < -0.3 is 14.6 Å². The zero-order valence-corrected chi connectivity index (χ0v) is 14.5. The molecule has 1 aliphatic heterocycles. The molecule has 1 aliphatic rings. The Morgan fingerprint density at radius 3 is 2.80 bits per heavy atom. The Morgan fingerprint density at radius 2 is 2.04 bits per heavy atom. The molecule has 0 aliphatic carbocycles. The SMILES string of the molecule is O=C1c2cccnc2C(Nc2ccc(Cl)c(Cl)c2)N1Cc1ccco1. The van der Waals surface area contributed by atoms with Gasteiger partial charge in [-0.15, -0.1) is 0 Å². The van der Waals surface area contributed by atoms with Gasteiger partial charge in [0, 0.05) is 11.9 Å². The summed E-state index contributed by atoms with van der Waals surface area (Å²) < 4.78 is 5.40. The van der Waals surface area contributed by atoms with Crippen molar-refractivity contribution in [3.05, 3.63) is 82.0 Å². The van der Waals surface area contributed by atoms with Crippen LogP contribution >= 0.6 is 23.2 Å². The molecule has 25 heavy (non-hydrogen) atoms. The quantitative estimate of drug-likeness (QED) is 0.716. The van der Waals surface area contributed by atoms with Gasteiger partial charge in [-0.1, -0.05) is 23.2 Å². The number of halogens is 2. The summed E-state index contributed by atoms with van der Waals surface area (Å²) >= 11 is 12.1. The van der Waals surface area contributed by atoms with Gasteiger partial charge in [0.2, 0.25) is 0 Å². The molecule has 5 nitrogen and oxygen atoms in total. The third-order valence-corrected chi connectivity index (χ3v) is 4.77. The highest BCUT2D eigenvalue weighted by Gasteiger charge is 2.38. The summed E-state index contributed by atoms with van der Waals surface area (Å²) in [5.41, 5.74) is 1.99. The van der Waals surface area contributed by atoms with Gasteiger partial charge in [-0.3, -0.25) is 9.78 Å². The average molecular weight is 374 g/mol. The Balaban J connectivity index is 1.70. The van der Waals surface area contributed by atoms with Crippen LogP contribution < -0.4 is 5.32 Å². The number of carbonyl (C=O) groups is 1. The van der Waals surface area contributed by atoms with E-state index in [1.54, 1.807) is 47.7 Å². The van der Waals surface area contributed by atoms with Crippen molar-refractivity contribution in [2.45, 2.75) is 12.7 Å². The minimum Gasteiger partial charge on any atom is -0.467 e. The molecule has 1 amide bonds. The fourth-order valence-electron chi connectivity index (χ4n) is 2.86. The molecule has 0 saturated carbocycles. The summed E-state index contributed by atoms with van der Waals surface area (Å²) in [4.78, 5) is 18.9. The van der Waals surface area contributed by atoms with E-state index in [1.165, 1.54) is 0 Å². The lowest BCUT2D eigenvalue weighted by atomic mass is 10.2. The molecule has 0 radical (unpaired) electrons. The van der Waals surface area contributed by atoms with Crippen molar-refractivity contribution in [2.75, 3.05) is 5.32 Å². The standard InChI is InChI=1S/C18H13Cl2N3O2/c19-14-6-5-11(9-15(14)20)22-17-16-13(4-1-7-21-16)18(24)23(17)10-12-3-2-8-25-12/h1-9,17,22H,10H2. The molecule has 1 N–H and O–H groups in total. The highest BCUT2D eigenvalue weighted by molar-refractivity contribution is 6.42. The summed E-state index contributed by atoms with van der Waals surface area (Å²) in [6.07, 6.45) is 2.83. The van der Waals surface area contributed by atoms with E-state index >= 15 is 0 Å². The molecule has 0 spiro atoms. The summed E-state index contributed by atoms with van der Waals surface area (Å²) in [5.74, 6) is 0.596. The number of anilines is 1. The first kappa shape index (κ1) is 16.0. The number of rotatable bonds is 4. The minimum atomic E-state index is -0.425. The highest BCUT2D eigenvalue weighted by atomic mass is 35.5. The Kier molecular flexibility index (Phi) is 4.11. The molecular weight excluding hydrogens is 361 g/mol. The van der Waals surface area contributed by atoms with Crippen molar-refractivity contribution in [1.29, 1.82) is 0 Å². The zero-order valence-electron chi connectivity index (χ0n) is 12.9. The van der Waals surface area contributed by atoms with Crippen LogP contribution in [0.1, 0.15) is 28.0 Å². The number of hydrogen-bond acceptors (Lipinski definition) is 4. The van der Waals surface area contributed by atoms with E-state index in [-0.39, 0.29) is 5.91 Å². The molecular formula is C18H13Cl2N3O2. The maximum absolute atomic E-state index is 12.8. The molecule has 0 bridgehead atoms. The largest absolute Gasteiger partial charge is 0.467 e. The predicted molar refractivity (Wildman–Crippen MR) is 95.6 cm³/mol. The number of hydrogen-bond donors (Lipinski definition) is 1. The van der Waals surface area contributed by atoms with E-state index in [2.05, 4.69) is 10.3 Å². The molecule has 126 valence electrons. The lowest BCUT2D eigenvalue weighted by Crippen LogP contribution is -2.32. The second kappa shape index (κ2) is 6.43. The van der Waals surface area contributed by atoms with Gasteiger partial charge in [0.15, 0.2) is 0 Å². The van der Waals surface area contributed by atoms with Gasteiger partial charge in [-0.2, -0.15) is 0 Å². The Labute approximate surface area is 154 Å². The second-order valence-corrected chi connectivity index (χ2v) is 6.44. The Hall–Kier alpha value is -2.50. The molecule has 4 rings (SSSR count). The van der Waals surface area contributed by atoms with Crippen LogP contribution in [0.4, 0.5) is 5.69 Å². The summed E-state index contributed by atoms with van der Waals surface area (Å²) in [6.45, 7) is 0.335. The maximum Gasteiger partial charge on any atom is 0.258 e. The first-order valence-electron chi connectivity index (χ1n) is 7.63. The normalized spacial score (nSPS) is 16.2. The van der Waals surface area contributed by atoms with Gasteiger partial charge in [0.1, 0.15) is 11.9 Å². The number of benzene rings is 1. The lowest BCUT2D eigenvalue weighted by molar-refractivity contribution is 0.0714. The van der Waals surface area contributed by atoms with E-state index in [1.807, 2.05) is 12.1 Å². The number of pyridine rings is 1. The molecule has 1 unspecified atom stereocenters. The van der Waals surface area contributed by atoms with Gasteiger partial charge in [0.25, 0.3) is 5.91 Å². The first-order valence-corrected chi connectivity index (χ1v) is 8.39. The van der Waals surface area contributed by atoms with Crippen LogP contribution in [0.15, 0.2) is 59.3 Å². The van der Waals surface area contributed by atoms with E-state index in [4.69, 9.17) is 27.6 Å². The zero-order chi connectivity index (χ0) is 17.4. The number of nitrogens with zero attached hydrogens (tertiary/aromatic N) is 2. The molecule has 3 aromatic rings. The first-order chi connectivity index (χ1) is 12.1. The summed E-state index contributed by atoms with van der Waals surface area (Å²) in [7, 11) is 0. The smallest absolute Gasteiger partial charge is 0.258 e. The van der Waals surface area contributed by atoms with Crippen molar-refractivity contribution in [3.8, 4) is 0 Å². The van der Waals surface area contributed by atoms with Crippen LogP contribution in [-0.2, 0) is 6.54 Å². The average Bonchev–Trinajstić information content (AvgIpc) is 3.21. The van der Waals surface area contributed by atoms with Gasteiger partial charge in [-0.25, -0.2) is 0 Å². The maximum atomic E-state index is 12.8. The fraction of sp³-hybridized carbons (Fsp3) is 0.111. The molecule has 0 saturated heterocycles. The topological polar surface area (TPSA) is 58.4 Å². The van der Waals surface area contributed by atoms with Crippen LogP contribution in [-0.4, -0.2) is 15.8 Å². The Bertz CT molecular complexity index is 928. The number of carbonyl (C=O) groups excluding carboxylic acids is 1. The Morgan fingerprint density at radius 1 is 1.16 bits per heavy atom. The molecule has 0 fully saturated rings. The third kappa shape index (κ3) is 2.97. The van der Waals surface area contributed by atoms with Crippen molar-refractivity contribution in [3.63, 3.8) is 0 Å². The summed E-state index contributed by atoms with van der Waals surface area (Å²) in [6, 6.07) is 12.4. The van der Waals surface area contributed by atoms with E-state index in [9.17, 15) is 4.79 Å². The minimum absolute atomic E-state index is 0.0999. The van der Waals surface area contributed by atoms with Crippen molar-refractivity contribution in [1.82, 2.24) is 9.88 Å². The fourth-order valence-corrected chi connectivity index (χ4v) is 3.16. The van der Waals surface area contributed by atoms with Crippen molar-refractivity contribution in [2.24, 2.45) is 0 Å². The van der Waals surface area contributed by atoms with Crippen LogP contribution in [0.3, 0.4) is 0 Å². The highest BCUT2D eigenvalue weighted by Crippen LogP contribution is 2.35. The van der Waals surface area contributed by atoms with Crippen molar-refractivity contribution < 1.29 is 9.21 Å². The van der Waals surface area contributed by atoms with Gasteiger partial charge >= 0.3 is 0 Å². The molecule has 2 aromatic heterocycles. The number of aromatic nitrogens is 1. The number of amides is 1. The predicted octanol–water partition coefficient (Wildman–Crippen LogP) is 4.75. The summed E-state index contributed by atoms with van der Waals surface area (Å²) in [5, 5.41) is 4.23. The van der Waals surface area contributed by atoms with Crippen molar-refractivity contribution >= 4 is 34.8 Å². The third-order valence-electron chi connectivity index (χ3n) is 4.03. The molecule has 3 heterocycles. The second-order valence-electron chi connectivity index (χ2n) is 5.62. The van der Waals surface area contributed by atoms with Crippen LogP contribution in [0.2, 0.25) is 10.0 Å². The number of nitrogens with one attached hydrogen (secondary N) is 1. The van der Waals surface area contributed by atoms with Crippen LogP contribution in [0.5, 0.6) is 0 Å². The number of furan rings is 1. The van der Waals surface area contributed by atoms with E-state index < -0.39 is 6.17 Å². The molecule has 1 aromatic carbocycles. The lowest BCUT2D eigenvalue weighted by Gasteiger charge is -2.25. The number of fused-ring (bicyclic) bond motifs is 1. The van der Waals surface area contributed by atoms with E-state index in [0.29, 0.717) is 33.6 Å². The molecule has 7 heteroatoms. The molecule has 1 atom stereocenters.